The van der Waals surface area contributed by atoms with E-state index in [1.54, 1.807) is 24.3 Å². The summed E-state index contributed by atoms with van der Waals surface area (Å²) in [4.78, 5) is 11.0. The summed E-state index contributed by atoms with van der Waals surface area (Å²) in [5, 5.41) is 18.9. The van der Waals surface area contributed by atoms with Crippen molar-refractivity contribution in [3.05, 3.63) is 125 Å². The monoisotopic (exact) mass is 708 g/mol. The van der Waals surface area contributed by atoms with Gasteiger partial charge in [-0.1, -0.05) is 43.3 Å². The maximum atomic E-state index is 13.7. The number of methoxy groups -OCH3 is 1. The van der Waals surface area contributed by atoms with Crippen molar-refractivity contribution in [2.24, 2.45) is 0 Å². The van der Waals surface area contributed by atoms with Crippen LogP contribution >= 0.6 is 0 Å². The predicted molar refractivity (Wildman–Crippen MR) is 156 cm³/mol. The third-order valence-corrected chi connectivity index (χ3v) is 7.39. The molecule has 0 saturated heterocycles. The SMILES string of the molecule is CC(=O)Oc1ccc(C(C)(CCO)c2ccc(O)cc2)cc1.COc1ccc(C(c2cc[c-]cc2)(C(F)(F)F)C(F)(F)F)cc1.[O]=[Co]. The Balaban J connectivity index is 0.000000311. The minimum atomic E-state index is -5.58. The molecule has 2 N–H and O–H groups in total. The van der Waals surface area contributed by atoms with E-state index in [2.05, 4.69) is 21.7 Å². The minimum absolute atomic E-state index is 0.0447. The van der Waals surface area contributed by atoms with Gasteiger partial charge in [-0.15, -0.1) is 5.56 Å². The number of carbonyl (C=O) groups excluding carboxylic acids is 1. The third-order valence-electron chi connectivity index (χ3n) is 7.39. The molecule has 0 saturated carbocycles. The molecule has 0 aliphatic heterocycles. The Kier molecular flexibility index (Phi) is 13.7. The van der Waals surface area contributed by atoms with Crippen LogP contribution in [0.2, 0.25) is 0 Å². The zero-order valence-corrected chi connectivity index (χ0v) is 26.3. The molecule has 0 aromatic heterocycles. The van der Waals surface area contributed by atoms with Crippen molar-refractivity contribution in [3.63, 3.8) is 0 Å². The van der Waals surface area contributed by atoms with Crippen LogP contribution in [0.15, 0.2) is 97.1 Å². The molecule has 4 aromatic carbocycles. The van der Waals surface area contributed by atoms with Crippen molar-refractivity contribution < 1.29 is 70.4 Å². The van der Waals surface area contributed by atoms with Crippen molar-refractivity contribution in [1.29, 1.82) is 0 Å². The second kappa shape index (κ2) is 16.6. The second-order valence-corrected chi connectivity index (χ2v) is 10.2. The fraction of sp³-hybridized carbons (Fsp3) is 0.265. The summed E-state index contributed by atoms with van der Waals surface area (Å²) in [6.07, 6.45) is -10.6. The van der Waals surface area contributed by atoms with E-state index < -0.39 is 34.3 Å². The number of ether oxygens (including phenoxy) is 2. The number of phenolic OH excluding ortho intramolecular Hbond substituents is 1. The zero-order chi connectivity index (χ0) is 35.5. The summed E-state index contributed by atoms with van der Waals surface area (Å²) >= 11 is 2.31. The number of alkyl halides is 6. The number of hydrogen-bond donors (Lipinski definition) is 2. The van der Waals surface area contributed by atoms with Crippen LogP contribution in [0.1, 0.15) is 42.5 Å². The molecular formula is C34H31CoF6O6-. The summed E-state index contributed by atoms with van der Waals surface area (Å²) in [6.45, 7) is 3.44. The molecule has 4 rings (SSSR count). The standard InChI is InChI=1S/C18H20O4.C16H11F6O.Co.O/c1-13(20)22-17-9-5-15(6-10-17)18(2,11-12-19)14-3-7-16(21)8-4-14;1-23-13-9-7-12(8-10-13)14(15(17,18)19,16(20,21)22)11-5-3-2-4-6-11;;/h3-10,19,21H,11-12H2,1-2H3;3-10H,1H3;;/q;-1;;. The first-order valence-electron chi connectivity index (χ1n) is 13.7. The number of carbonyl (C=O) groups is 1. The number of phenols is 1. The number of esters is 1. The average Bonchev–Trinajstić information content (AvgIpc) is 3.02. The van der Waals surface area contributed by atoms with E-state index in [0.717, 1.165) is 59.7 Å². The number of aliphatic hydroxyl groups excluding tert-OH is 1. The molecule has 13 heteroatoms. The Bertz CT molecular complexity index is 1530. The van der Waals surface area contributed by atoms with Crippen LogP contribution in [-0.4, -0.2) is 42.3 Å². The van der Waals surface area contributed by atoms with Crippen LogP contribution in [0, 0.1) is 6.07 Å². The molecule has 0 spiro atoms. The second-order valence-electron chi connectivity index (χ2n) is 10.2. The van der Waals surface area contributed by atoms with E-state index in [1.807, 2.05) is 31.2 Å². The molecule has 1 atom stereocenters. The molecule has 4 aromatic rings. The van der Waals surface area contributed by atoms with Crippen molar-refractivity contribution in [3.8, 4) is 17.2 Å². The van der Waals surface area contributed by atoms with Crippen LogP contribution < -0.4 is 9.47 Å². The molecule has 1 unspecified atom stereocenters. The first-order valence-corrected chi connectivity index (χ1v) is 14.1. The molecule has 0 amide bonds. The number of aromatic hydroxyl groups is 1. The summed E-state index contributed by atoms with van der Waals surface area (Å²) in [7, 11) is 1.27. The zero-order valence-electron chi connectivity index (χ0n) is 25.3. The van der Waals surface area contributed by atoms with Gasteiger partial charge in [0.15, 0.2) is 5.41 Å². The molecule has 0 radical (unpaired) electrons. The molecule has 47 heavy (non-hydrogen) atoms. The molecule has 0 fully saturated rings. The molecule has 0 bridgehead atoms. The van der Waals surface area contributed by atoms with Crippen LogP contribution in [0.3, 0.4) is 0 Å². The van der Waals surface area contributed by atoms with Gasteiger partial charge in [0, 0.05) is 18.9 Å². The Hall–Kier alpha value is -4.20. The van der Waals surface area contributed by atoms with Crippen LogP contribution in [0.4, 0.5) is 26.3 Å². The van der Waals surface area contributed by atoms with Crippen LogP contribution in [0.25, 0.3) is 0 Å². The summed E-state index contributed by atoms with van der Waals surface area (Å²) in [5.41, 5.74) is -4.35. The average molecular weight is 709 g/mol. The van der Waals surface area contributed by atoms with E-state index in [1.165, 1.54) is 14.0 Å². The van der Waals surface area contributed by atoms with Gasteiger partial charge in [-0.25, -0.2) is 0 Å². The Morgan fingerprint density at radius 1 is 0.723 bits per heavy atom. The van der Waals surface area contributed by atoms with E-state index in [0.29, 0.717) is 12.2 Å². The van der Waals surface area contributed by atoms with E-state index in [4.69, 9.17) is 13.3 Å². The van der Waals surface area contributed by atoms with Crippen LogP contribution in [0.5, 0.6) is 17.2 Å². The van der Waals surface area contributed by atoms with Gasteiger partial charge in [-0.3, -0.25) is 4.79 Å². The fourth-order valence-electron chi connectivity index (χ4n) is 5.02. The number of rotatable bonds is 8. The molecule has 0 heterocycles. The number of hydrogen-bond acceptors (Lipinski definition) is 6. The number of halogens is 6. The normalized spacial score (nSPS) is 12.7. The summed E-state index contributed by atoms with van der Waals surface area (Å²) in [5.74, 6) is 0.506. The van der Waals surface area contributed by atoms with Crippen molar-refractivity contribution in [2.45, 2.75) is 43.5 Å². The van der Waals surface area contributed by atoms with Crippen molar-refractivity contribution in [1.82, 2.24) is 0 Å². The van der Waals surface area contributed by atoms with Gasteiger partial charge in [0.05, 0.1) is 7.11 Å². The van der Waals surface area contributed by atoms with Crippen molar-refractivity contribution in [2.75, 3.05) is 13.7 Å². The molecule has 6 nitrogen and oxygen atoms in total. The van der Waals surface area contributed by atoms with Gasteiger partial charge in [-0.05, 0) is 59.5 Å². The quantitative estimate of drug-likeness (QED) is 0.0841. The first kappa shape index (κ1) is 39.0. The number of aliphatic hydroxyl groups is 1. The molecule has 0 aliphatic rings. The van der Waals surface area contributed by atoms with Gasteiger partial charge in [0.2, 0.25) is 0 Å². The maximum absolute atomic E-state index is 13.7. The molecular weight excluding hydrogens is 677 g/mol. The predicted octanol–water partition coefficient (Wildman–Crippen LogP) is 7.79. The van der Waals surface area contributed by atoms with Crippen molar-refractivity contribution >= 4 is 5.97 Å². The van der Waals surface area contributed by atoms with E-state index in [-0.39, 0.29) is 24.1 Å². The summed E-state index contributed by atoms with van der Waals surface area (Å²) in [6, 6.07) is 23.9. The number of benzene rings is 4. The first-order chi connectivity index (χ1) is 22.1. The van der Waals surface area contributed by atoms with Gasteiger partial charge in [0.25, 0.3) is 0 Å². The fourth-order valence-corrected chi connectivity index (χ4v) is 5.02. The Labute approximate surface area is 275 Å². The Morgan fingerprint density at radius 3 is 1.53 bits per heavy atom. The summed E-state index contributed by atoms with van der Waals surface area (Å²) < 4.78 is 99.8. The van der Waals surface area contributed by atoms with E-state index in [9.17, 15) is 41.4 Å². The Morgan fingerprint density at radius 2 is 1.13 bits per heavy atom. The van der Waals surface area contributed by atoms with Crippen LogP contribution in [-0.2, 0) is 35.2 Å². The van der Waals surface area contributed by atoms with Gasteiger partial charge >= 0.3 is 37.9 Å². The third kappa shape index (κ3) is 8.99. The van der Waals surface area contributed by atoms with E-state index >= 15 is 0 Å². The van der Waals surface area contributed by atoms with Gasteiger partial charge < -0.3 is 19.7 Å². The van der Waals surface area contributed by atoms with Gasteiger partial charge in [0.1, 0.15) is 17.2 Å². The molecule has 255 valence electrons. The molecule has 0 aliphatic carbocycles. The topological polar surface area (TPSA) is 93.1 Å². The van der Waals surface area contributed by atoms with Gasteiger partial charge in [-0.2, -0.15) is 56.7 Å².